The third kappa shape index (κ3) is 3.92. The van der Waals surface area contributed by atoms with Crippen LogP contribution in [-0.4, -0.2) is 16.1 Å². The van der Waals surface area contributed by atoms with E-state index in [0.717, 1.165) is 0 Å². The van der Waals surface area contributed by atoms with Crippen LogP contribution in [0.1, 0.15) is 0 Å². The Labute approximate surface area is 62.2 Å². The van der Waals surface area contributed by atoms with Gasteiger partial charge < -0.3 is 11.1 Å². The van der Waals surface area contributed by atoms with Crippen LogP contribution in [-0.2, 0) is 9.59 Å². The molecule has 0 rings (SSSR count). The Hall–Kier alpha value is -0.620. The van der Waals surface area contributed by atoms with Crippen molar-refractivity contribution in [1.29, 1.82) is 0 Å². The zero-order chi connectivity index (χ0) is 7.44. The van der Waals surface area contributed by atoms with E-state index < -0.39 is 11.8 Å². The second-order valence-electron chi connectivity index (χ2n) is 1.12. The molecule has 0 heterocycles. The number of hydrogen-bond donors (Lipinski definition) is 3. The topological polar surface area (TPSA) is 72.2 Å². The van der Waals surface area contributed by atoms with Crippen molar-refractivity contribution in [2.45, 2.75) is 0 Å². The molecular weight excluding hydrogens is 160 g/mol. The number of carbonyl (C=O) groups is 2. The summed E-state index contributed by atoms with van der Waals surface area (Å²) in [5.74, 6) is -2.03. The van der Waals surface area contributed by atoms with Gasteiger partial charge in [0, 0.05) is 0 Å². The van der Waals surface area contributed by atoms with E-state index in [-0.39, 0.29) is 4.32 Å². The van der Waals surface area contributed by atoms with Crippen LogP contribution in [0.4, 0.5) is 0 Å². The van der Waals surface area contributed by atoms with E-state index in [0.29, 0.717) is 0 Å². The lowest BCUT2D eigenvalue weighted by Gasteiger charge is -1.94. The monoisotopic (exact) mass is 164 g/mol. The van der Waals surface area contributed by atoms with E-state index in [4.69, 9.17) is 0 Å². The lowest BCUT2D eigenvalue weighted by molar-refractivity contribution is -0.136. The van der Waals surface area contributed by atoms with Crippen LogP contribution in [0.3, 0.4) is 0 Å². The van der Waals surface area contributed by atoms with E-state index in [1.54, 1.807) is 0 Å². The van der Waals surface area contributed by atoms with E-state index >= 15 is 0 Å². The maximum absolute atomic E-state index is 10.2. The van der Waals surface area contributed by atoms with E-state index in [1.807, 2.05) is 5.32 Å². The van der Waals surface area contributed by atoms with Crippen molar-refractivity contribution in [3.8, 4) is 0 Å². The third-order valence-corrected chi connectivity index (χ3v) is 0.658. The van der Waals surface area contributed by atoms with Crippen molar-refractivity contribution in [2.75, 3.05) is 0 Å². The highest BCUT2D eigenvalue weighted by Gasteiger charge is 2.07. The Bertz CT molecular complexity index is 167. The highest BCUT2D eigenvalue weighted by molar-refractivity contribution is 8.11. The molecule has 0 aliphatic carbocycles. The first-order valence-corrected chi connectivity index (χ1v) is 2.73. The number of rotatable bonds is 0. The van der Waals surface area contributed by atoms with Gasteiger partial charge in [0.15, 0.2) is 0 Å². The largest absolute Gasteiger partial charge is 0.361 e. The fourth-order valence-electron chi connectivity index (χ4n) is 0.159. The number of nitrogens with one attached hydrogen (secondary N) is 1. The van der Waals surface area contributed by atoms with Crippen molar-refractivity contribution in [3.05, 3.63) is 0 Å². The summed E-state index contributed by atoms with van der Waals surface area (Å²) < 4.78 is -0.0706. The van der Waals surface area contributed by atoms with Crippen molar-refractivity contribution >= 4 is 41.0 Å². The zero-order valence-corrected chi connectivity index (χ0v) is 5.96. The molecule has 6 heteroatoms. The smallest absolute Gasteiger partial charge is 0.314 e. The van der Waals surface area contributed by atoms with Crippen molar-refractivity contribution in [2.24, 2.45) is 5.73 Å². The summed E-state index contributed by atoms with van der Waals surface area (Å²) in [6, 6.07) is 0. The van der Waals surface area contributed by atoms with E-state index in [1.165, 1.54) is 0 Å². The van der Waals surface area contributed by atoms with Gasteiger partial charge >= 0.3 is 11.8 Å². The first-order valence-electron chi connectivity index (χ1n) is 1.87. The fourth-order valence-corrected chi connectivity index (χ4v) is 0.353. The second-order valence-corrected chi connectivity index (χ2v) is 2.28. The van der Waals surface area contributed by atoms with E-state index in [9.17, 15) is 9.59 Å². The molecule has 4 nitrogen and oxygen atoms in total. The zero-order valence-electron chi connectivity index (χ0n) is 4.25. The summed E-state index contributed by atoms with van der Waals surface area (Å²) >= 11 is 7.84. The highest BCUT2D eigenvalue weighted by atomic mass is 32.1. The molecule has 0 aromatic carbocycles. The predicted molar refractivity (Wildman–Crippen MR) is 38.9 cm³/mol. The molecule has 2 amide bonds. The lowest BCUT2D eigenvalue weighted by atomic mass is 10.6. The molecule has 0 saturated heterocycles. The minimum absolute atomic E-state index is 0.0706. The Kier molecular flexibility index (Phi) is 3.18. The van der Waals surface area contributed by atoms with Crippen LogP contribution in [0.2, 0.25) is 0 Å². The standard InChI is InChI=1S/C3H4N2O2S2/c4-1(6)2(7)5-3(8)9/h(H2,4,6)(H2,5,7,8,9). The van der Waals surface area contributed by atoms with Crippen LogP contribution >= 0.6 is 24.8 Å². The molecule has 0 aromatic rings. The van der Waals surface area contributed by atoms with Gasteiger partial charge in [-0.1, -0.05) is 12.2 Å². The highest BCUT2D eigenvalue weighted by Crippen LogP contribution is 1.75. The van der Waals surface area contributed by atoms with Gasteiger partial charge in [-0.15, -0.1) is 12.6 Å². The SMILES string of the molecule is NC(=O)C(=O)NC(=S)S. The molecule has 9 heavy (non-hydrogen) atoms. The van der Waals surface area contributed by atoms with Gasteiger partial charge in [-0.25, -0.2) is 0 Å². The molecule has 0 bridgehead atoms. The number of amides is 2. The second kappa shape index (κ2) is 3.41. The molecule has 0 radical (unpaired) electrons. The number of thiocarbonyl (C=S) groups is 1. The summed E-state index contributed by atoms with van der Waals surface area (Å²) in [6.45, 7) is 0. The number of nitrogens with two attached hydrogens (primary N) is 1. The van der Waals surface area contributed by atoms with Crippen molar-refractivity contribution in [3.63, 3.8) is 0 Å². The molecule has 0 aliphatic heterocycles. The van der Waals surface area contributed by atoms with Gasteiger partial charge in [-0.3, -0.25) is 9.59 Å². The van der Waals surface area contributed by atoms with Gasteiger partial charge in [0.05, 0.1) is 0 Å². The molecule has 0 saturated carbocycles. The molecule has 3 N–H and O–H groups in total. The van der Waals surface area contributed by atoms with Gasteiger partial charge in [0.1, 0.15) is 4.32 Å². The van der Waals surface area contributed by atoms with Crippen LogP contribution < -0.4 is 11.1 Å². The maximum atomic E-state index is 10.2. The number of hydrogen-bond acceptors (Lipinski definition) is 3. The van der Waals surface area contributed by atoms with E-state index in [2.05, 4.69) is 30.6 Å². The minimum atomic E-state index is -1.08. The summed E-state index contributed by atoms with van der Waals surface area (Å²) in [4.78, 5) is 20.2. The molecule has 0 unspecified atom stereocenters. The first-order chi connectivity index (χ1) is 4.04. The van der Waals surface area contributed by atoms with Crippen LogP contribution in [0.15, 0.2) is 0 Å². The molecule has 0 atom stereocenters. The quantitative estimate of drug-likeness (QED) is 0.239. The lowest BCUT2D eigenvalue weighted by Crippen LogP contribution is -2.37. The molecular formula is C3H4N2O2S2. The van der Waals surface area contributed by atoms with Crippen molar-refractivity contribution in [1.82, 2.24) is 5.32 Å². The Morgan fingerprint density at radius 3 is 2.11 bits per heavy atom. The predicted octanol–water partition coefficient (Wildman–Crippen LogP) is -1.20. The molecule has 0 aliphatic rings. The summed E-state index contributed by atoms with van der Waals surface area (Å²) in [5, 5.41) is 1.92. The Balaban J connectivity index is 3.79. The molecule has 50 valence electrons. The Morgan fingerprint density at radius 1 is 1.56 bits per heavy atom. The number of thiol groups is 1. The average Bonchev–Trinajstić information content (AvgIpc) is 1.63. The molecule has 0 aromatic heterocycles. The number of primary amides is 1. The van der Waals surface area contributed by atoms with Gasteiger partial charge in [-0.2, -0.15) is 0 Å². The van der Waals surface area contributed by atoms with Gasteiger partial charge in [-0.05, 0) is 0 Å². The summed E-state index contributed by atoms with van der Waals surface area (Å²) in [7, 11) is 0. The third-order valence-electron chi connectivity index (χ3n) is 0.444. The summed E-state index contributed by atoms with van der Waals surface area (Å²) in [5.41, 5.74) is 4.54. The van der Waals surface area contributed by atoms with Gasteiger partial charge in [0.25, 0.3) is 0 Å². The maximum Gasteiger partial charge on any atom is 0.314 e. The number of carbonyl (C=O) groups excluding carboxylic acids is 2. The minimum Gasteiger partial charge on any atom is -0.361 e. The Morgan fingerprint density at radius 2 is 2.00 bits per heavy atom. The van der Waals surface area contributed by atoms with Crippen molar-refractivity contribution < 1.29 is 9.59 Å². The average molecular weight is 164 g/mol. The first kappa shape index (κ1) is 8.38. The van der Waals surface area contributed by atoms with Crippen LogP contribution in [0, 0.1) is 0 Å². The van der Waals surface area contributed by atoms with Crippen LogP contribution in [0.5, 0.6) is 0 Å². The summed E-state index contributed by atoms with van der Waals surface area (Å²) in [6.07, 6.45) is 0. The normalized spacial score (nSPS) is 8.11. The van der Waals surface area contributed by atoms with Crippen LogP contribution in [0.25, 0.3) is 0 Å². The fraction of sp³-hybridized carbons (Fsp3) is 0. The molecule has 0 spiro atoms. The molecule has 0 fully saturated rings. The van der Waals surface area contributed by atoms with Gasteiger partial charge in [0.2, 0.25) is 0 Å².